The van der Waals surface area contributed by atoms with E-state index in [0.717, 1.165) is 11.3 Å². The number of nitrogens with zero attached hydrogens (tertiary/aromatic N) is 1. The van der Waals surface area contributed by atoms with Crippen LogP contribution in [0.5, 0.6) is 0 Å². The van der Waals surface area contributed by atoms with Gasteiger partial charge in [0.05, 0.1) is 5.25 Å². The molecule has 1 unspecified atom stereocenters. The number of rotatable bonds is 6. The molecule has 24 heavy (non-hydrogen) atoms. The third kappa shape index (κ3) is 4.48. The molecule has 1 aromatic rings. The number of sulfone groups is 1. The van der Waals surface area contributed by atoms with Crippen LogP contribution in [0.1, 0.15) is 25.3 Å². The first-order chi connectivity index (χ1) is 11.3. The van der Waals surface area contributed by atoms with Gasteiger partial charge in [-0.25, -0.2) is 8.42 Å². The Kier molecular flexibility index (Phi) is 6.23. The number of benzene rings is 1. The molecule has 0 aliphatic carbocycles. The average molecular weight is 354 g/mol. The van der Waals surface area contributed by atoms with E-state index in [4.69, 9.17) is 4.74 Å². The van der Waals surface area contributed by atoms with Gasteiger partial charge < -0.3 is 15.0 Å². The van der Waals surface area contributed by atoms with Gasteiger partial charge in [-0.2, -0.15) is 0 Å². The van der Waals surface area contributed by atoms with E-state index < -0.39 is 26.2 Å². The molecule has 7 heteroatoms. The summed E-state index contributed by atoms with van der Waals surface area (Å²) in [4.78, 5) is 14.2. The molecule has 1 N–H and O–H groups in total. The Labute approximate surface area is 144 Å². The normalized spacial score (nSPS) is 17.3. The maximum Gasteiger partial charge on any atom is 0.238 e. The highest BCUT2D eigenvalue weighted by atomic mass is 32.2. The van der Waals surface area contributed by atoms with Crippen molar-refractivity contribution in [3.05, 3.63) is 29.8 Å². The molecule has 0 aromatic heterocycles. The number of hydrogen-bond acceptors (Lipinski definition) is 5. The van der Waals surface area contributed by atoms with Crippen molar-refractivity contribution in [3.63, 3.8) is 0 Å². The van der Waals surface area contributed by atoms with E-state index in [1.165, 1.54) is 6.92 Å². The van der Waals surface area contributed by atoms with Crippen LogP contribution < -0.4 is 10.2 Å². The highest BCUT2D eigenvalue weighted by Crippen LogP contribution is 2.20. The molecule has 2 rings (SSSR count). The van der Waals surface area contributed by atoms with Crippen LogP contribution in [0, 0.1) is 0 Å². The second-order valence-electron chi connectivity index (χ2n) is 6.32. The van der Waals surface area contributed by atoms with Crippen LogP contribution >= 0.6 is 0 Å². The van der Waals surface area contributed by atoms with Crippen LogP contribution in [-0.2, 0) is 25.9 Å². The Morgan fingerprint density at radius 2 is 1.83 bits per heavy atom. The van der Waals surface area contributed by atoms with Crippen molar-refractivity contribution in [3.8, 4) is 0 Å². The smallest absolute Gasteiger partial charge is 0.238 e. The largest absolute Gasteiger partial charge is 0.381 e. The minimum atomic E-state index is -3.48. The molecule has 1 saturated heterocycles. The lowest BCUT2D eigenvalue weighted by Crippen LogP contribution is -2.43. The summed E-state index contributed by atoms with van der Waals surface area (Å²) in [5.41, 5.74) is 2.00. The molecule has 1 atom stereocenters. The van der Waals surface area contributed by atoms with E-state index in [-0.39, 0.29) is 0 Å². The van der Waals surface area contributed by atoms with Crippen LogP contribution in [0.2, 0.25) is 0 Å². The van der Waals surface area contributed by atoms with Crippen molar-refractivity contribution >= 4 is 21.4 Å². The van der Waals surface area contributed by atoms with Gasteiger partial charge in [0.25, 0.3) is 0 Å². The molecule has 0 saturated carbocycles. The Balaban J connectivity index is 1.93. The summed E-state index contributed by atoms with van der Waals surface area (Å²) in [6, 6.07) is 7.77. The molecule has 0 bridgehead atoms. The fourth-order valence-electron chi connectivity index (χ4n) is 2.69. The lowest BCUT2D eigenvalue weighted by molar-refractivity contribution is -0.120. The van der Waals surface area contributed by atoms with Crippen molar-refractivity contribution in [2.24, 2.45) is 0 Å². The topological polar surface area (TPSA) is 75.7 Å². The maximum atomic E-state index is 12.5. The van der Waals surface area contributed by atoms with Crippen molar-refractivity contribution in [2.75, 3.05) is 32.2 Å². The van der Waals surface area contributed by atoms with Gasteiger partial charge in [0.1, 0.15) is 5.25 Å². The molecule has 6 nitrogen and oxygen atoms in total. The highest BCUT2D eigenvalue weighted by molar-refractivity contribution is 7.93. The first kappa shape index (κ1) is 18.7. The maximum absolute atomic E-state index is 12.5. The van der Waals surface area contributed by atoms with Crippen LogP contribution in [0.4, 0.5) is 5.69 Å². The van der Waals surface area contributed by atoms with Crippen LogP contribution in [0.3, 0.4) is 0 Å². The SMILES string of the molecule is CC(C(=O)NCc1ccc(N(C)C)cc1)S(=O)(=O)C1CCOCC1. The van der Waals surface area contributed by atoms with Gasteiger partial charge in [-0.3, -0.25) is 4.79 Å². The standard InChI is InChI=1S/C17H26N2O4S/c1-13(24(21,22)16-8-10-23-11-9-16)17(20)18-12-14-4-6-15(7-5-14)19(2)3/h4-7,13,16H,8-12H2,1-3H3,(H,18,20). The van der Waals surface area contributed by atoms with Gasteiger partial charge in [0.2, 0.25) is 5.91 Å². The predicted octanol–water partition coefficient (Wildman–Crippen LogP) is 1.35. The van der Waals surface area contributed by atoms with Crippen molar-refractivity contribution in [1.82, 2.24) is 5.32 Å². The molecule has 1 aliphatic heterocycles. The summed E-state index contributed by atoms with van der Waals surface area (Å²) in [6.07, 6.45) is 0.928. The van der Waals surface area contributed by atoms with Crippen LogP contribution in [0.15, 0.2) is 24.3 Å². The number of carbonyl (C=O) groups excluding carboxylic acids is 1. The van der Waals surface area contributed by atoms with Gasteiger partial charge in [-0.15, -0.1) is 0 Å². The van der Waals surface area contributed by atoms with E-state index in [9.17, 15) is 13.2 Å². The summed E-state index contributed by atoms with van der Waals surface area (Å²) in [7, 11) is 0.434. The van der Waals surface area contributed by atoms with E-state index in [1.807, 2.05) is 43.3 Å². The summed E-state index contributed by atoms with van der Waals surface area (Å²) in [5, 5.41) is 1.21. The fourth-order valence-corrected chi connectivity index (χ4v) is 4.50. The first-order valence-electron chi connectivity index (χ1n) is 8.17. The van der Waals surface area contributed by atoms with Crippen molar-refractivity contribution in [1.29, 1.82) is 0 Å². The first-order valence-corrected chi connectivity index (χ1v) is 9.77. The monoisotopic (exact) mass is 354 g/mol. The Bertz CT molecular complexity index is 650. The zero-order valence-corrected chi connectivity index (χ0v) is 15.3. The molecular formula is C17H26N2O4S. The molecule has 0 radical (unpaired) electrons. The number of hydrogen-bond donors (Lipinski definition) is 1. The number of amides is 1. The van der Waals surface area contributed by atoms with Crippen LogP contribution in [-0.4, -0.2) is 52.1 Å². The highest BCUT2D eigenvalue weighted by Gasteiger charge is 2.36. The number of anilines is 1. The van der Waals surface area contributed by atoms with Gasteiger partial charge in [0, 0.05) is 39.5 Å². The second kappa shape index (κ2) is 7.98. The zero-order valence-electron chi connectivity index (χ0n) is 14.5. The molecule has 1 aromatic carbocycles. The molecule has 1 aliphatic rings. The van der Waals surface area contributed by atoms with Gasteiger partial charge in [-0.1, -0.05) is 12.1 Å². The Hall–Kier alpha value is -1.60. The van der Waals surface area contributed by atoms with Gasteiger partial charge >= 0.3 is 0 Å². The average Bonchev–Trinajstić information content (AvgIpc) is 2.60. The lowest BCUT2D eigenvalue weighted by atomic mass is 10.2. The summed E-state index contributed by atoms with van der Waals surface area (Å²) < 4.78 is 30.3. The molecule has 134 valence electrons. The second-order valence-corrected chi connectivity index (χ2v) is 8.87. The van der Waals surface area contributed by atoms with Crippen LogP contribution in [0.25, 0.3) is 0 Å². The third-order valence-corrected chi connectivity index (χ3v) is 7.01. The molecule has 0 spiro atoms. The van der Waals surface area contributed by atoms with Crippen molar-refractivity contribution in [2.45, 2.75) is 36.8 Å². The van der Waals surface area contributed by atoms with Gasteiger partial charge in [0.15, 0.2) is 9.84 Å². The van der Waals surface area contributed by atoms with Gasteiger partial charge in [-0.05, 0) is 37.5 Å². The quantitative estimate of drug-likeness (QED) is 0.835. The van der Waals surface area contributed by atoms with E-state index in [1.54, 1.807) is 0 Å². The Morgan fingerprint density at radius 3 is 2.38 bits per heavy atom. The van der Waals surface area contributed by atoms with E-state index in [2.05, 4.69) is 5.32 Å². The minimum Gasteiger partial charge on any atom is -0.381 e. The lowest BCUT2D eigenvalue weighted by Gasteiger charge is -2.25. The fraction of sp³-hybridized carbons (Fsp3) is 0.588. The van der Waals surface area contributed by atoms with E-state index >= 15 is 0 Å². The third-order valence-electron chi connectivity index (χ3n) is 4.41. The summed E-state index contributed by atoms with van der Waals surface area (Å²) in [5.74, 6) is -0.446. The van der Waals surface area contributed by atoms with Crippen molar-refractivity contribution < 1.29 is 17.9 Å². The summed E-state index contributed by atoms with van der Waals surface area (Å²) >= 11 is 0. The minimum absolute atomic E-state index is 0.320. The summed E-state index contributed by atoms with van der Waals surface area (Å²) in [6.45, 7) is 2.67. The molecule has 1 heterocycles. The molecular weight excluding hydrogens is 328 g/mol. The molecule has 1 fully saturated rings. The zero-order chi connectivity index (χ0) is 17.7. The number of ether oxygens (including phenoxy) is 1. The van der Waals surface area contributed by atoms with E-state index in [0.29, 0.717) is 32.6 Å². The predicted molar refractivity (Wildman–Crippen MR) is 94.8 cm³/mol. The molecule has 1 amide bonds. The Morgan fingerprint density at radius 1 is 1.25 bits per heavy atom. The number of nitrogens with one attached hydrogen (secondary N) is 1. The number of carbonyl (C=O) groups is 1.